The molecule has 1 N–H and O–H groups in total. The second-order valence-corrected chi connectivity index (χ2v) is 5.79. The molecule has 1 aliphatic heterocycles. The number of carbonyl (C=O) groups excluding carboxylic acids is 1. The maximum Gasteiger partial charge on any atom is 0.307 e. The van der Waals surface area contributed by atoms with E-state index in [4.69, 9.17) is 0 Å². The van der Waals surface area contributed by atoms with Crippen LogP contribution in [-0.2, 0) is 22.6 Å². The maximum atomic E-state index is 11.3. The highest BCUT2D eigenvalue weighted by molar-refractivity contribution is 5.68. The van der Waals surface area contributed by atoms with Gasteiger partial charge in [-0.25, -0.2) is 0 Å². The van der Waals surface area contributed by atoms with Crippen molar-refractivity contribution in [3.63, 3.8) is 0 Å². The van der Waals surface area contributed by atoms with E-state index >= 15 is 0 Å². The number of nitrogens with one attached hydrogen (secondary N) is 1. The van der Waals surface area contributed by atoms with Gasteiger partial charge in [-0.2, -0.15) is 5.10 Å². The largest absolute Gasteiger partial charge is 0.469 e. The van der Waals surface area contributed by atoms with Crippen molar-refractivity contribution in [2.45, 2.75) is 46.3 Å². The van der Waals surface area contributed by atoms with Crippen LogP contribution >= 0.6 is 0 Å². The first-order chi connectivity index (χ1) is 10.0. The average Bonchev–Trinajstić information content (AvgIpc) is 2.72. The van der Waals surface area contributed by atoms with E-state index < -0.39 is 0 Å². The molecular weight excluding hydrogens is 268 g/mol. The van der Waals surface area contributed by atoms with Crippen molar-refractivity contribution in [2.75, 3.05) is 26.7 Å². The van der Waals surface area contributed by atoms with E-state index in [-0.39, 0.29) is 5.97 Å². The van der Waals surface area contributed by atoms with Gasteiger partial charge in [-0.3, -0.25) is 14.4 Å². The van der Waals surface area contributed by atoms with Crippen molar-refractivity contribution < 1.29 is 9.53 Å². The molecule has 6 heteroatoms. The summed E-state index contributed by atoms with van der Waals surface area (Å²) in [7, 11) is 1.42. The maximum absolute atomic E-state index is 11.3. The normalized spacial score (nSPS) is 19.7. The Morgan fingerprint density at radius 1 is 1.48 bits per heavy atom. The van der Waals surface area contributed by atoms with Crippen LogP contribution in [0.3, 0.4) is 0 Å². The predicted molar refractivity (Wildman–Crippen MR) is 81.1 cm³/mol. The molecule has 0 saturated carbocycles. The molecule has 0 amide bonds. The minimum atomic E-state index is -0.194. The Labute approximate surface area is 126 Å². The van der Waals surface area contributed by atoms with Crippen LogP contribution in [-0.4, -0.2) is 53.4 Å². The Bertz CT molecular complexity index is 498. The van der Waals surface area contributed by atoms with E-state index in [1.807, 2.05) is 11.6 Å². The van der Waals surface area contributed by atoms with Gasteiger partial charge >= 0.3 is 5.97 Å². The minimum Gasteiger partial charge on any atom is -0.469 e. The molecule has 0 unspecified atom stereocenters. The number of nitrogens with zero attached hydrogens (tertiary/aromatic N) is 3. The van der Waals surface area contributed by atoms with Gasteiger partial charge in [-0.05, 0) is 20.8 Å². The van der Waals surface area contributed by atoms with Crippen LogP contribution in [0, 0.1) is 13.8 Å². The van der Waals surface area contributed by atoms with Crippen molar-refractivity contribution in [2.24, 2.45) is 0 Å². The summed E-state index contributed by atoms with van der Waals surface area (Å²) >= 11 is 0. The molecular formula is C15H26N4O2. The number of piperazine rings is 1. The fourth-order valence-corrected chi connectivity index (χ4v) is 2.86. The van der Waals surface area contributed by atoms with Crippen molar-refractivity contribution in [3.8, 4) is 0 Å². The van der Waals surface area contributed by atoms with E-state index in [1.165, 1.54) is 12.7 Å². The Morgan fingerprint density at radius 2 is 2.24 bits per heavy atom. The molecule has 21 heavy (non-hydrogen) atoms. The first-order valence-corrected chi connectivity index (χ1v) is 7.56. The number of ether oxygens (including phenoxy) is 1. The molecule has 118 valence electrons. The van der Waals surface area contributed by atoms with Crippen LogP contribution in [0.25, 0.3) is 0 Å². The number of esters is 1. The Morgan fingerprint density at radius 3 is 2.90 bits per heavy atom. The summed E-state index contributed by atoms with van der Waals surface area (Å²) < 4.78 is 6.61. The van der Waals surface area contributed by atoms with E-state index in [0.717, 1.165) is 37.6 Å². The number of rotatable bonds is 5. The number of methoxy groups -OCH3 is 1. The fraction of sp³-hybridized carbons (Fsp3) is 0.733. The third kappa shape index (κ3) is 4.04. The molecule has 0 aromatic carbocycles. The third-order valence-electron chi connectivity index (χ3n) is 4.12. The van der Waals surface area contributed by atoms with Crippen LogP contribution in [0.4, 0.5) is 0 Å². The molecule has 2 heterocycles. The highest BCUT2D eigenvalue weighted by Crippen LogP contribution is 2.17. The summed E-state index contributed by atoms with van der Waals surface area (Å²) in [6.07, 6.45) is 0.364. The lowest BCUT2D eigenvalue weighted by molar-refractivity contribution is -0.140. The molecule has 1 aromatic heterocycles. The highest BCUT2D eigenvalue weighted by Gasteiger charge is 2.19. The number of hydrogen-bond donors (Lipinski definition) is 1. The fourth-order valence-electron chi connectivity index (χ4n) is 2.86. The van der Waals surface area contributed by atoms with Gasteiger partial charge in [-0.1, -0.05) is 0 Å². The first-order valence-electron chi connectivity index (χ1n) is 7.56. The average molecular weight is 294 g/mol. The molecule has 1 aliphatic rings. The molecule has 1 aromatic rings. The lowest BCUT2D eigenvalue weighted by Gasteiger charge is -2.31. The van der Waals surface area contributed by atoms with Crippen LogP contribution in [0.5, 0.6) is 0 Å². The van der Waals surface area contributed by atoms with E-state index in [0.29, 0.717) is 19.0 Å². The molecule has 6 nitrogen and oxygen atoms in total. The van der Waals surface area contributed by atoms with E-state index in [1.54, 1.807) is 0 Å². The van der Waals surface area contributed by atoms with Crippen LogP contribution in [0.1, 0.15) is 30.3 Å². The van der Waals surface area contributed by atoms with Crippen LogP contribution in [0.15, 0.2) is 0 Å². The van der Waals surface area contributed by atoms with Gasteiger partial charge in [0, 0.05) is 43.5 Å². The molecule has 1 saturated heterocycles. The third-order valence-corrected chi connectivity index (χ3v) is 4.12. The monoisotopic (exact) mass is 294 g/mol. The van der Waals surface area contributed by atoms with Gasteiger partial charge in [0.05, 0.1) is 25.8 Å². The summed E-state index contributed by atoms with van der Waals surface area (Å²) in [5, 5.41) is 8.03. The van der Waals surface area contributed by atoms with Gasteiger partial charge in [0.25, 0.3) is 0 Å². The van der Waals surface area contributed by atoms with Crippen molar-refractivity contribution in [3.05, 3.63) is 17.0 Å². The van der Waals surface area contributed by atoms with Crippen molar-refractivity contribution in [1.82, 2.24) is 20.0 Å². The van der Waals surface area contributed by atoms with Crippen molar-refractivity contribution >= 4 is 5.97 Å². The zero-order valence-corrected chi connectivity index (χ0v) is 13.5. The lowest BCUT2D eigenvalue weighted by atomic mass is 10.1. The molecule has 0 aliphatic carbocycles. The molecule has 1 atom stereocenters. The summed E-state index contributed by atoms with van der Waals surface area (Å²) in [6.45, 7) is 11.0. The topological polar surface area (TPSA) is 59.4 Å². The number of carbonyl (C=O) groups is 1. The predicted octanol–water partition coefficient (Wildman–Crippen LogP) is 0.857. The lowest BCUT2D eigenvalue weighted by Crippen LogP contribution is -2.48. The van der Waals surface area contributed by atoms with Crippen LogP contribution < -0.4 is 5.32 Å². The van der Waals surface area contributed by atoms with Crippen molar-refractivity contribution in [1.29, 1.82) is 0 Å². The SMILES string of the molecule is COC(=O)CCn1nc(C)c(CN2CCN[C@@H](C)C2)c1C. The second-order valence-electron chi connectivity index (χ2n) is 5.79. The Kier molecular flexibility index (Phi) is 5.36. The van der Waals surface area contributed by atoms with Gasteiger partial charge in [0.15, 0.2) is 0 Å². The van der Waals surface area contributed by atoms with E-state index in [9.17, 15) is 4.79 Å². The van der Waals surface area contributed by atoms with Gasteiger partial charge in [0.2, 0.25) is 0 Å². The van der Waals surface area contributed by atoms with Gasteiger partial charge < -0.3 is 10.1 Å². The standard InChI is InChI=1S/C15H26N4O2/c1-11-9-18(8-6-16-11)10-14-12(2)17-19(13(14)3)7-5-15(20)21-4/h11,16H,5-10H2,1-4H3/t11-/m0/s1. The van der Waals surface area contributed by atoms with E-state index in [2.05, 4.69) is 33.9 Å². The molecule has 0 bridgehead atoms. The first kappa shape index (κ1) is 16.0. The zero-order chi connectivity index (χ0) is 15.4. The minimum absolute atomic E-state index is 0.194. The van der Waals surface area contributed by atoms with Gasteiger partial charge in [-0.15, -0.1) is 0 Å². The molecule has 2 rings (SSSR count). The Balaban J connectivity index is 2.02. The molecule has 0 spiro atoms. The summed E-state index contributed by atoms with van der Waals surface area (Å²) in [6, 6.07) is 0.536. The Hall–Kier alpha value is -1.40. The van der Waals surface area contributed by atoms with Gasteiger partial charge in [0.1, 0.15) is 0 Å². The highest BCUT2D eigenvalue weighted by atomic mass is 16.5. The molecule has 0 radical (unpaired) electrons. The smallest absolute Gasteiger partial charge is 0.307 e. The second kappa shape index (κ2) is 7.04. The number of aromatic nitrogens is 2. The summed E-state index contributed by atoms with van der Waals surface area (Å²) in [5.41, 5.74) is 3.50. The number of aryl methyl sites for hydroxylation is 2. The molecule has 1 fully saturated rings. The number of hydrogen-bond acceptors (Lipinski definition) is 5. The quantitative estimate of drug-likeness (QED) is 0.816. The summed E-state index contributed by atoms with van der Waals surface area (Å²) in [5.74, 6) is -0.194. The zero-order valence-electron chi connectivity index (χ0n) is 13.5. The summed E-state index contributed by atoms with van der Waals surface area (Å²) in [4.78, 5) is 13.7. The van der Waals surface area contributed by atoms with Crippen LogP contribution in [0.2, 0.25) is 0 Å².